The molecule has 0 saturated heterocycles. The molecule has 0 aliphatic carbocycles. The van der Waals surface area contributed by atoms with Crippen molar-refractivity contribution in [2.45, 2.75) is 20.0 Å². The maximum atomic E-state index is 12.2. The Kier molecular flexibility index (Phi) is 3.52. The van der Waals surface area contributed by atoms with Gasteiger partial charge in [0.25, 0.3) is 0 Å². The number of rotatable bonds is 2. The number of ketones is 1. The van der Waals surface area contributed by atoms with Crippen molar-refractivity contribution in [2.24, 2.45) is 0 Å². The van der Waals surface area contributed by atoms with Gasteiger partial charge in [0.05, 0.1) is 5.56 Å². The lowest BCUT2D eigenvalue weighted by Crippen LogP contribution is -2.04. The zero-order chi connectivity index (χ0) is 12.3. The molecule has 0 spiro atoms. The van der Waals surface area contributed by atoms with Gasteiger partial charge in [-0.05, 0) is 43.2 Å². The number of carbonyl (C=O) groups is 1. The molecule has 1 nitrogen and oxygen atoms in total. The molecular weight excluding hydrogens is 217 g/mol. The standard InChI is InChI=1S/C12H11F3O/c1-8(9(2)16)7-10-3-5-11(6-4-10)12(13,14)15/h3-7H,1-2H3/b8-7+. The Morgan fingerprint density at radius 3 is 2.00 bits per heavy atom. The zero-order valence-electron chi connectivity index (χ0n) is 8.93. The highest BCUT2D eigenvalue weighted by molar-refractivity contribution is 5.97. The number of alkyl halides is 3. The third kappa shape index (κ3) is 3.22. The number of allylic oxidation sites excluding steroid dienone is 1. The molecule has 0 radical (unpaired) electrons. The van der Waals surface area contributed by atoms with E-state index in [1.165, 1.54) is 19.1 Å². The molecule has 0 heterocycles. The molecule has 0 bridgehead atoms. The lowest BCUT2D eigenvalue weighted by Gasteiger charge is -2.06. The number of hydrogen-bond donors (Lipinski definition) is 0. The second-order valence-electron chi connectivity index (χ2n) is 3.50. The van der Waals surface area contributed by atoms with Gasteiger partial charge in [0.2, 0.25) is 0 Å². The highest BCUT2D eigenvalue weighted by Gasteiger charge is 2.29. The summed E-state index contributed by atoms with van der Waals surface area (Å²) in [5, 5.41) is 0. The molecule has 0 saturated carbocycles. The van der Waals surface area contributed by atoms with Crippen LogP contribution in [0.5, 0.6) is 0 Å². The van der Waals surface area contributed by atoms with Crippen molar-refractivity contribution in [3.63, 3.8) is 0 Å². The highest BCUT2D eigenvalue weighted by atomic mass is 19.4. The summed E-state index contributed by atoms with van der Waals surface area (Å²) in [5.74, 6) is -0.0973. The van der Waals surface area contributed by atoms with Crippen LogP contribution >= 0.6 is 0 Å². The number of halogens is 3. The van der Waals surface area contributed by atoms with E-state index >= 15 is 0 Å². The van der Waals surface area contributed by atoms with E-state index in [2.05, 4.69) is 0 Å². The Hall–Kier alpha value is -1.58. The van der Waals surface area contributed by atoms with E-state index in [0.29, 0.717) is 11.1 Å². The third-order valence-corrected chi connectivity index (χ3v) is 2.18. The van der Waals surface area contributed by atoms with E-state index < -0.39 is 11.7 Å². The van der Waals surface area contributed by atoms with E-state index in [4.69, 9.17) is 0 Å². The summed E-state index contributed by atoms with van der Waals surface area (Å²) in [5.41, 5.74) is 0.408. The second-order valence-corrected chi connectivity index (χ2v) is 3.50. The summed E-state index contributed by atoms with van der Waals surface area (Å²) in [6.07, 6.45) is -2.76. The molecule has 1 aromatic rings. The minimum absolute atomic E-state index is 0.0973. The Morgan fingerprint density at radius 2 is 1.62 bits per heavy atom. The van der Waals surface area contributed by atoms with Gasteiger partial charge in [-0.1, -0.05) is 12.1 Å². The third-order valence-electron chi connectivity index (χ3n) is 2.18. The Morgan fingerprint density at radius 1 is 1.12 bits per heavy atom. The number of Topliss-reactive ketones (excluding diaryl/α,β-unsaturated/α-hetero) is 1. The Balaban J connectivity index is 2.97. The van der Waals surface area contributed by atoms with Crippen molar-refractivity contribution < 1.29 is 18.0 Å². The van der Waals surface area contributed by atoms with E-state index in [-0.39, 0.29) is 5.78 Å². The molecule has 0 fully saturated rings. The summed E-state index contributed by atoms with van der Waals surface area (Å²) in [4.78, 5) is 10.9. The topological polar surface area (TPSA) is 17.1 Å². The predicted octanol–water partition coefficient (Wildman–Crippen LogP) is 3.70. The normalized spacial score (nSPS) is 12.7. The lowest BCUT2D eigenvalue weighted by molar-refractivity contribution is -0.137. The van der Waals surface area contributed by atoms with Crippen molar-refractivity contribution in [3.05, 3.63) is 41.0 Å². The lowest BCUT2D eigenvalue weighted by atomic mass is 10.1. The van der Waals surface area contributed by atoms with Crippen LogP contribution in [-0.4, -0.2) is 5.78 Å². The SMILES string of the molecule is CC(=O)/C(C)=C/c1ccc(C(F)(F)F)cc1. The monoisotopic (exact) mass is 228 g/mol. The molecular formula is C12H11F3O. The Bertz CT molecular complexity index is 413. The van der Waals surface area contributed by atoms with Gasteiger partial charge in [0, 0.05) is 0 Å². The number of benzene rings is 1. The van der Waals surface area contributed by atoms with Crippen LogP contribution in [0, 0.1) is 0 Å². The van der Waals surface area contributed by atoms with E-state index in [1.54, 1.807) is 13.0 Å². The molecule has 0 N–H and O–H groups in total. The van der Waals surface area contributed by atoms with Gasteiger partial charge >= 0.3 is 6.18 Å². The smallest absolute Gasteiger partial charge is 0.295 e. The summed E-state index contributed by atoms with van der Waals surface area (Å²) < 4.78 is 36.7. The first-order valence-corrected chi connectivity index (χ1v) is 4.67. The fourth-order valence-electron chi connectivity index (χ4n) is 1.12. The van der Waals surface area contributed by atoms with Gasteiger partial charge in [-0.15, -0.1) is 0 Å². The molecule has 16 heavy (non-hydrogen) atoms. The second kappa shape index (κ2) is 4.51. The molecule has 1 rings (SSSR count). The minimum Gasteiger partial charge on any atom is -0.295 e. The molecule has 0 amide bonds. The largest absolute Gasteiger partial charge is 0.416 e. The van der Waals surface area contributed by atoms with Gasteiger partial charge < -0.3 is 0 Å². The van der Waals surface area contributed by atoms with Crippen LogP contribution in [0.2, 0.25) is 0 Å². The van der Waals surface area contributed by atoms with Gasteiger partial charge in [-0.2, -0.15) is 13.2 Å². The van der Waals surface area contributed by atoms with Crippen LogP contribution in [0.1, 0.15) is 25.0 Å². The van der Waals surface area contributed by atoms with Gasteiger partial charge in [0.1, 0.15) is 0 Å². The molecule has 86 valence electrons. The maximum absolute atomic E-state index is 12.2. The van der Waals surface area contributed by atoms with Crippen LogP contribution in [0.3, 0.4) is 0 Å². The average molecular weight is 228 g/mol. The summed E-state index contributed by atoms with van der Waals surface area (Å²) in [7, 11) is 0. The highest BCUT2D eigenvalue weighted by Crippen LogP contribution is 2.29. The fraction of sp³-hybridized carbons (Fsp3) is 0.250. The molecule has 0 aliphatic rings. The van der Waals surface area contributed by atoms with Gasteiger partial charge in [-0.3, -0.25) is 4.79 Å². The summed E-state index contributed by atoms with van der Waals surface area (Å²) >= 11 is 0. The first kappa shape index (κ1) is 12.5. The van der Waals surface area contributed by atoms with E-state index in [0.717, 1.165) is 12.1 Å². The van der Waals surface area contributed by atoms with Gasteiger partial charge in [-0.25, -0.2) is 0 Å². The summed E-state index contributed by atoms with van der Waals surface area (Å²) in [6.45, 7) is 3.04. The molecule has 0 aromatic heterocycles. The molecule has 4 heteroatoms. The average Bonchev–Trinajstić information content (AvgIpc) is 2.17. The first-order chi connectivity index (χ1) is 7.30. The van der Waals surface area contributed by atoms with Crippen LogP contribution in [0.15, 0.2) is 29.8 Å². The van der Waals surface area contributed by atoms with Crippen LogP contribution < -0.4 is 0 Å². The number of hydrogen-bond acceptors (Lipinski definition) is 1. The van der Waals surface area contributed by atoms with Crippen molar-refractivity contribution in [1.82, 2.24) is 0 Å². The van der Waals surface area contributed by atoms with Crippen molar-refractivity contribution in [2.75, 3.05) is 0 Å². The van der Waals surface area contributed by atoms with Crippen LogP contribution in [-0.2, 0) is 11.0 Å². The van der Waals surface area contributed by atoms with Crippen molar-refractivity contribution in [1.29, 1.82) is 0 Å². The number of carbonyl (C=O) groups excluding carboxylic acids is 1. The Labute approximate surface area is 91.6 Å². The van der Waals surface area contributed by atoms with Crippen LogP contribution in [0.25, 0.3) is 6.08 Å². The molecule has 0 aliphatic heterocycles. The summed E-state index contributed by atoms with van der Waals surface area (Å²) in [6, 6.07) is 4.68. The van der Waals surface area contributed by atoms with E-state index in [1.807, 2.05) is 0 Å². The van der Waals surface area contributed by atoms with Gasteiger partial charge in [0.15, 0.2) is 5.78 Å². The first-order valence-electron chi connectivity index (χ1n) is 4.67. The van der Waals surface area contributed by atoms with Crippen LogP contribution in [0.4, 0.5) is 13.2 Å². The fourth-order valence-corrected chi connectivity index (χ4v) is 1.12. The zero-order valence-corrected chi connectivity index (χ0v) is 8.93. The maximum Gasteiger partial charge on any atom is 0.416 e. The van der Waals surface area contributed by atoms with Crippen molar-refractivity contribution >= 4 is 11.9 Å². The molecule has 1 aromatic carbocycles. The molecule has 0 unspecified atom stereocenters. The minimum atomic E-state index is -4.32. The van der Waals surface area contributed by atoms with Crippen molar-refractivity contribution in [3.8, 4) is 0 Å². The molecule has 0 atom stereocenters. The predicted molar refractivity (Wildman–Crippen MR) is 55.8 cm³/mol. The van der Waals surface area contributed by atoms with E-state index in [9.17, 15) is 18.0 Å². The quantitative estimate of drug-likeness (QED) is 0.705.